The molecule has 0 radical (unpaired) electrons. The van der Waals surface area contributed by atoms with E-state index in [2.05, 4.69) is 20.8 Å². The third-order valence-electron chi connectivity index (χ3n) is 2.55. The SMILES string of the molecule is O=C(CCCCCl)Nc1ccc(-n2cnnn2)cc1. The molecular formula is C12H14ClN5O. The van der Waals surface area contributed by atoms with Gasteiger partial charge in [0.05, 0.1) is 5.69 Å². The van der Waals surface area contributed by atoms with E-state index in [4.69, 9.17) is 11.6 Å². The van der Waals surface area contributed by atoms with Crippen molar-refractivity contribution < 1.29 is 4.79 Å². The second-order valence-electron chi connectivity index (χ2n) is 4.00. The fourth-order valence-electron chi connectivity index (χ4n) is 1.58. The largest absolute Gasteiger partial charge is 0.326 e. The Bertz CT molecular complexity index is 511. The van der Waals surface area contributed by atoms with Gasteiger partial charge in [0.2, 0.25) is 5.91 Å². The second kappa shape index (κ2) is 6.84. The molecule has 6 nitrogen and oxygen atoms in total. The van der Waals surface area contributed by atoms with Crippen LogP contribution in [0.15, 0.2) is 30.6 Å². The smallest absolute Gasteiger partial charge is 0.224 e. The molecule has 19 heavy (non-hydrogen) atoms. The zero-order valence-electron chi connectivity index (χ0n) is 10.3. The molecular weight excluding hydrogens is 266 g/mol. The first-order valence-electron chi connectivity index (χ1n) is 5.99. The molecule has 0 unspecified atom stereocenters. The molecule has 0 aliphatic rings. The first-order valence-corrected chi connectivity index (χ1v) is 6.52. The van der Waals surface area contributed by atoms with Crippen LogP contribution in [0.5, 0.6) is 0 Å². The quantitative estimate of drug-likeness (QED) is 0.648. The van der Waals surface area contributed by atoms with E-state index in [0.29, 0.717) is 12.3 Å². The van der Waals surface area contributed by atoms with Crippen molar-refractivity contribution in [3.63, 3.8) is 0 Å². The van der Waals surface area contributed by atoms with Crippen LogP contribution in [0.2, 0.25) is 0 Å². The van der Waals surface area contributed by atoms with Crippen molar-refractivity contribution in [3.8, 4) is 5.69 Å². The number of rotatable bonds is 6. The number of tetrazole rings is 1. The van der Waals surface area contributed by atoms with E-state index >= 15 is 0 Å². The highest BCUT2D eigenvalue weighted by atomic mass is 35.5. The summed E-state index contributed by atoms with van der Waals surface area (Å²) < 4.78 is 1.55. The molecule has 100 valence electrons. The summed E-state index contributed by atoms with van der Waals surface area (Å²) in [6, 6.07) is 7.31. The number of unbranched alkanes of at least 4 members (excludes halogenated alkanes) is 1. The zero-order chi connectivity index (χ0) is 13.5. The predicted molar refractivity (Wildman–Crippen MR) is 72.4 cm³/mol. The maximum atomic E-state index is 11.6. The number of carbonyl (C=O) groups excluding carboxylic acids is 1. The Labute approximate surface area is 115 Å². The van der Waals surface area contributed by atoms with Crippen molar-refractivity contribution in [3.05, 3.63) is 30.6 Å². The number of nitrogens with one attached hydrogen (secondary N) is 1. The van der Waals surface area contributed by atoms with Crippen LogP contribution in [0.25, 0.3) is 5.69 Å². The molecule has 0 bridgehead atoms. The van der Waals surface area contributed by atoms with E-state index < -0.39 is 0 Å². The first kappa shape index (κ1) is 13.5. The number of hydrogen-bond acceptors (Lipinski definition) is 4. The summed E-state index contributed by atoms with van der Waals surface area (Å²) in [5, 5.41) is 13.7. The fourth-order valence-corrected chi connectivity index (χ4v) is 1.77. The normalized spacial score (nSPS) is 10.4. The van der Waals surface area contributed by atoms with Gasteiger partial charge in [-0.15, -0.1) is 16.7 Å². The molecule has 0 fully saturated rings. The topological polar surface area (TPSA) is 72.7 Å². The fraction of sp³-hybridized carbons (Fsp3) is 0.333. The molecule has 0 spiro atoms. The molecule has 0 atom stereocenters. The van der Waals surface area contributed by atoms with E-state index in [1.54, 1.807) is 4.68 Å². The zero-order valence-corrected chi connectivity index (χ0v) is 11.0. The molecule has 2 rings (SSSR count). The lowest BCUT2D eigenvalue weighted by atomic mass is 10.2. The van der Waals surface area contributed by atoms with Gasteiger partial charge in [0.25, 0.3) is 0 Å². The maximum absolute atomic E-state index is 11.6. The van der Waals surface area contributed by atoms with Crippen molar-refractivity contribution in [2.24, 2.45) is 0 Å². The van der Waals surface area contributed by atoms with Crippen molar-refractivity contribution >= 4 is 23.2 Å². The highest BCUT2D eigenvalue weighted by Crippen LogP contribution is 2.12. The number of amides is 1. The lowest BCUT2D eigenvalue weighted by Crippen LogP contribution is -2.11. The summed E-state index contributed by atoms with van der Waals surface area (Å²) in [7, 11) is 0. The van der Waals surface area contributed by atoms with Gasteiger partial charge in [-0.1, -0.05) is 0 Å². The van der Waals surface area contributed by atoms with Gasteiger partial charge in [0.15, 0.2) is 0 Å². The summed E-state index contributed by atoms with van der Waals surface area (Å²) in [4.78, 5) is 11.6. The standard InChI is InChI=1S/C12H14ClN5O/c13-8-2-1-3-12(19)15-10-4-6-11(7-5-10)18-9-14-16-17-18/h4-7,9H,1-3,8H2,(H,15,19). The number of halogens is 1. The number of aromatic nitrogens is 4. The molecule has 1 N–H and O–H groups in total. The van der Waals surface area contributed by atoms with Gasteiger partial charge in [-0.25, -0.2) is 4.68 Å². The summed E-state index contributed by atoms with van der Waals surface area (Å²) >= 11 is 5.56. The Hall–Kier alpha value is -1.95. The Morgan fingerprint density at radius 2 is 2.05 bits per heavy atom. The van der Waals surface area contributed by atoms with Crippen LogP contribution in [-0.2, 0) is 4.79 Å². The van der Waals surface area contributed by atoms with Crippen LogP contribution < -0.4 is 5.32 Å². The molecule has 0 aliphatic carbocycles. The minimum atomic E-state index is 0.000268. The van der Waals surface area contributed by atoms with Crippen LogP contribution in [0.1, 0.15) is 19.3 Å². The third-order valence-corrected chi connectivity index (χ3v) is 2.82. The number of alkyl halides is 1. The van der Waals surface area contributed by atoms with E-state index in [-0.39, 0.29) is 5.91 Å². The average molecular weight is 280 g/mol. The van der Waals surface area contributed by atoms with Crippen LogP contribution in [0, 0.1) is 0 Å². The third kappa shape index (κ3) is 4.03. The lowest BCUT2D eigenvalue weighted by molar-refractivity contribution is -0.116. The van der Waals surface area contributed by atoms with Crippen LogP contribution in [-0.4, -0.2) is 32.0 Å². The first-order chi connectivity index (χ1) is 9.29. The van der Waals surface area contributed by atoms with E-state index in [9.17, 15) is 4.79 Å². The average Bonchev–Trinajstić information content (AvgIpc) is 2.94. The van der Waals surface area contributed by atoms with Gasteiger partial charge < -0.3 is 5.32 Å². The molecule has 1 amide bonds. The van der Waals surface area contributed by atoms with Crippen molar-refractivity contribution in [2.45, 2.75) is 19.3 Å². The number of anilines is 1. The van der Waals surface area contributed by atoms with Gasteiger partial charge in [-0.2, -0.15) is 0 Å². The lowest BCUT2D eigenvalue weighted by Gasteiger charge is -2.05. The molecule has 1 heterocycles. The van der Waals surface area contributed by atoms with Crippen molar-refractivity contribution in [1.29, 1.82) is 0 Å². The molecule has 0 aliphatic heterocycles. The minimum absolute atomic E-state index is 0.000268. The van der Waals surface area contributed by atoms with E-state index in [1.165, 1.54) is 6.33 Å². The number of hydrogen-bond donors (Lipinski definition) is 1. The molecule has 2 aromatic rings. The van der Waals surface area contributed by atoms with Crippen molar-refractivity contribution in [2.75, 3.05) is 11.2 Å². The highest BCUT2D eigenvalue weighted by Gasteiger charge is 2.03. The number of benzene rings is 1. The summed E-state index contributed by atoms with van der Waals surface area (Å²) in [5.41, 5.74) is 1.60. The molecule has 7 heteroatoms. The van der Waals surface area contributed by atoms with Crippen LogP contribution in [0.3, 0.4) is 0 Å². The van der Waals surface area contributed by atoms with Gasteiger partial charge in [0.1, 0.15) is 6.33 Å². The van der Waals surface area contributed by atoms with Gasteiger partial charge in [-0.3, -0.25) is 4.79 Å². The monoisotopic (exact) mass is 279 g/mol. The minimum Gasteiger partial charge on any atom is -0.326 e. The molecule has 1 aromatic heterocycles. The predicted octanol–water partition coefficient (Wildman–Crippen LogP) is 2.01. The number of carbonyl (C=O) groups is 1. The second-order valence-corrected chi connectivity index (χ2v) is 4.37. The maximum Gasteiger partial charge on any atom is 0.224 e. The Balaban J connectivity index is 1.90. The number of nitrogens with zero attached hydrogens (tertiary/aromatic N) is 4. The Kier molecular flexibility index (Phi) is 4.85. The molecule has 0 saturated heterocycles. The molecule has 1 aromatic carbocycles. The van der Waals surface area contributed by atoms with E-state index in [1.807, 2.05) is 24.3 Å². The van der Waals surface area contributed by atoms with Crippen LogP contribution in [0.4, 0.5) is 5.69 Å². The summed E-state index contributed by atoms with van der Waals surface area (Å²) in [6.45, 7) is 0. The van der Waals surface area contributed by atoms with E-state index in [0.717, 1.165) is 24.2 Å². The summed E-state index contributed by atoms with van der Waals surface area (Å²) in [6.07, 6.45) is 3.66. The van der Waals surface area contributed by atoms with Gasteiger partial charge >= 0.3 is 0 Å². The van der Waals surface area contributed by atoms with Gasteiger partial charge in [0, 0.05) is 18.0 Å². The Morgan fingerprint density at radius 3 is 2.68 bits per heavy atom. The highest BCUT2D eigenvalue weighted by molar-refractivity contribution is 6.17. The van der Waals surface area contributed by atoms with Crippen LogP contribution >= 0.6 is 11.6 Å². The summed E-state index contributed by atoms with van der Waals surface area (Å²) in [5.74, 6) is 0.591. The Morgan fingerprint density at radius 1 is 1.26 bits per heavy atom. The molecule has 0 saturated carbocycles. The van der Waals surface area contributed by atoms with Gasteiger partial charge in [-0.05, 0) is 47.5 Å². The van der Waals surface area contributed by atoms with Crippen molar-refractivity contribution in [1.82, 2.24) is 20.2 Å².